The molecular weight excluding hydrogens is 526 g/mol. The average molecular weight is 545 g/mol. The van der Waals surface area contributed by atoms with Gasteiger partial charge in [0.05, 0.1) is 18.9 Å². The Morgan fingerprint density at radius 3 is 2.41 bits per heavy atom. The second-order valence-electron chi connectivity index (χ2n) is 6.92. The molecule has 0 atom stereocenters. The highest BCUT2D eigenvalue weighted by Crippen LogP contribution is 2.23. The van der Waals surface area contributed by atoms with E-state index < -0.39 is 17.8 Å². The summed E-state index contributed by atoms with van der Waals surface area (Å²) in [5.41, 5.74) is 4.07. The molecule has 2 N–H and O–H groups in total. The van der Waals surface area contributed by atoms with Gasteiger partial charge in [-0.05, 0) is 67.1 Å². The topological polar surface area (TPSA) is 106 Å². The molecule has 0 aliphatic carbocycles. The third kappa shape index (κ3) is 6.66. The first-order valence-electron chi connectivity index (χ1n) is 9.83. The number of esters is 1. The summed E-state index contributed by atoms with van der Waals surface area (Å²) < 4.78 is 11.2. The van der Waals surface area contributed by atoms with Crippen LogP contribution in [0.25, 0.3) is 0 Å². The number of hydrazone groups is 1. The molecule has 3 aromatic rings. The van der Waals surface area contributed by atoms with E-state index >= 15 is 0 Å². The van der Waals surface area contributed by atoms with Gasteiger partial charge < -0.3 is 14.8 Å². The van der Waals surface area contributed by atoms with Gasteiger partial charge in [-0.1, -0.05) is 33.6 Å². The van der Waals surface area contributed by atoms with Crippen molar-refractivity contribution in [2.24, 2.45) is 5.10 Å². The minimum Gasteiger partial charge on any atom is -0.497 e. The minimum atomic E-state index is -0.986. The molecule has 3 aromatic carbocycles. The highest BCUT2D eigenvalue weighted by Gasteiger charge is 2.15. The predicted molar refractivity (Wildman–Crippen MR) is 133 cm³/mol. The summed E-state index contributed by atoms with van der Waals surface area (Å²) in [4.78, 5) is 36.7. The van der Waals surface area contributed by atoms with E-state index in [0.717, 1.165) is 5.56 Å². The number of carbonyl (C=O) groups excluding carboxylic acids is 3. The van der Waals surface area contributed by atoms with Crippen LogP contribution in [0.1, 0.15) is 21.5 Å². The SMILES string of the molecule is COc1ccc(C(=O)Oc2ccc(Br)cc2C=NNC(=O)C(=O)Nc2ccc(C)c(Cl)c2)cc1. The van der Waals surface area contributed by atoms with Crippen LogP contribution in [0.2, 0.25) is 5.02 Å². The van der Waals surface area contributed by atoms with Gasteiger partial charge in [-0.2, -0.15) is 5.10 Å². The summed E-state index contributed by atoms with van der Waals surface area (Å²) in [7, 11) is 1.53. The second kappa shape index (κ2) is 11.4. The molecule has 0 heterocycles. The Bertz CT molecular complexity index is 1260. The molecule has 0 bridgehead atoms. The Balaban J connectivity index is 1.66. The standard InChI is InChI=1S/C24H19BrClN3O5/c1-14-3-7-18(12-20(14)26)28-22(30)23(31)29-27-13-16-11-17(25)6-10-21(16)34-24(32)15-4-8-19(33-2)9-5-15/h3-13H,1-2H3,(H,28,30)(H,29,31). The van der Waals surface area contributed by atoms with Crippen LogP contribution in [0.4, 0.5) is 5.69 Å². The number of anilines is 1. The van der Waals surface area contributed by atoms with Crippen LogP contribution < -0.4 is 20.2 Å². The van der Waals surface area contributed by atoms with E-state index in [2.05, 4.69) is 31.8 Å². The lowest BCUT2D eigenvalue weighted by molar-refractivity contribution is -0.136. The van der Waals surface area contributed by atoms with Gasteiger partial charge in [-0.25, -0.2) is 10.2 Å². The van der Waals surface area contributed by atoms with Crippen molar-refractivity contribution in [1.29, 1.82) is 0 Å². The molecule has 3 rings (SSSR count). The maximum absolute atomic E-state index is 12.5. The van der Waals surface area contributed by atoms with Gasteiger partial charge in [0.15, 0.2) is 0 Å². The number of benzene rings is 3. The first-order valence-corrected chi connectivity index (χ1v) is 11.0. The molecule has 174 valence electrons. The van der Waals surface area contributed by atoms with E-state index in [1.165, 1.54) is 19.4 Å². The van der Waals surface area contributed by atoms with Gasteiger partial charge in [0.1, 0.15) is 11.5 Å². The van der Waals surface area contributed by atoms with Crippen LogP contribution in [-0.2, 0) is 9.59 Å². The van der Waals surface area contributed by atoms with Crippen molar-refractivity contribution < 1.29 is 23.9 Å². The molecule has 34 heavy (non-hydrogen) atoms. The maximum atomic E-state index is 12.5. The van der Waals surface area contributed by atoms with E-state index in [1.54, 1.807) is 54.6 Å². The molecule has 0 saturated heterocycles. The van der Waals surface area contributed by atoms with E-state index in [1.807, 2.05) is 6.92 Å². The van der Waals surface area contributed by atoms with Gasteiger partial charge >= 0.3 is 17.8 Å². The number of amides is 2. The first kappa shape index (κ1) is 24.9. The van der Waals surface area contributed by atoms with Crippen LogP contribution >= 0.6 is 27.5 Å². The zero-order valence-corrected chi connectivity index (χ0v) is 20.4. The van der Waals surface area contributed by atoms with Gasteiger partial charge in [0.2, 0.25) is 0 Å². The summed E-state index contributed by atoms with van der Waals surface area (Å²) in [5.74, 6) is -1.67. The summed E-state index contributed by atoms with van der Waals surface area (Å²) in [6.07, 6.45) is 1.26. The lowest BCUT2D eigenvalue weighted by Gasteiger charge is -2.09. The Hall–Kier alpha value is -3.69. The highest BCUT2D eigenvalue weighted by atomic mass is 79.9. The normalized spacial score (nSPS) is 10.6. The second-order valence-corrected chi connectivity index (χ2v) is 8.24. The van der Waals surface area contributed by atoms with Crippen molar-refractivity contribution in [2.45, 2.75) is 6.92 Å². The van der Waals surface area contributed by atoms with E-state index in [-0.39, 0.29) is 5.75 Å². The van der Waals surface area contributed by atoms with Crippen LogP contribution in [0.5, 0.6) is 11.5 Å². The van der Waals surface area contributed by atoms with Gasteiger partial charge in [0, 0.05) is 20.7 Å². The molecule has 2 amide bonds. The summed E-state index contributed by atoms with van der Waals surface area (Å²) in [6.45, 7) is 1.82. The van der Waals surface area contributed by atoms with Crippen molar-refractivity contribution in [1.82, 2.24) is 5.43 Å². The average Bonchev–Trinajstić information content (AvgIpc) is 2.83. The van der Waals surface area contributed by atoms with Crippen molar-refractivity contribution in [3.8, 4) is 11.5 Å². The van der Waals surface area contributed by atoms with Gasteiger partial charge in [-0.15, -0.1) is 0 Å². The van der Waals surface area contributed by atoms with E-state index in [4.69, 9.17) is 21.1 Å². The molecule has 0 radical (unpaired) electrons. The molecule has 0 aromatic heterocycles. The Morgan fingerprint density at radius 1 is 1.00 bits per heavy atom. The Kier molecular flexibility index (Phi) is 8.39. The number of aryl methyl sites for hydroxylation is 1. The maximum Gasteiger partial charge on any atom is 0.343 e. The lowest BCUT2D eigenvalue weighted by atomic mass is 10.2. The summed E-state index contributed by atoms with van der Waals surface area (Å²) in [6, 6.07) is 16.2. The fourth-order valence-corrected chi connectivity index (χ4v) is 3.23. The number of hydrogen-bond acceptors (Lipinski definition) is 6. The summed E-state index contributed by atoms with van der Waals surface area (Å²) >= 11 is 9.36. The monoisotopic (exact) mass is 543 g/mol. The predicted octanol–water partition coefficient (Wildman–Crippen LogP) is 4.73. The van der Waals surface area contributed by atoms with E-state index in [9.17, 15) is 14.4 Å². The molecule has 0 unspecified atom stereocenters. The molecule has 10 heteroatoms. The number of ether oxygens (including phenoxy) is 2. The smallest absolute Gasteiger partial charge is 0.343 e. The highest BCUT2D eigenvalue weighted by molar-refractivity contribution is 9.10. The number of nitrogens with zero attached hydrogens (tertiary/aromatic N) is 1. The van der Waals surface area contributed by atoms with Crippen LogP contribution in [0.3, 0.4) is 0 Å². The number of methoxy groups -OCH3 is 1. The van der Waals surface area contributed by atoms with Crippen LogP contribution in [0.15, 0.2) is 70.2 Å². The van der Waals surface area contributed by atoms with Gasteiger partial charge in [-0.3, -0.25) is 9.59 Å². The summed E-state index contributed by atoms with van der Waals surface area (Å²) in [5, 5.41) is 6.70. The van der Waals surface area contributed by atoms with Crippen LogP contribution in [0, 0.1) is 6.92 Å². The number of nitrogens with one attached hydrogen (secondary N) is 2. The lowest BCUT2D eigenvalue weighted by Crippen LogP contribution is -2.32. The van der Waals surface area contributed by atoms with Crippen LogP contribution in [-0.4, -0.2) is 31.1 Å². The quantitative estimate of drug-likeness (QED) is 0.153. The van der Waals surface area contributed by atoms with Crippen molar-refractivity contribution >= 4 is 57.2 Å². The Labute approximate surface area is 209 Å². The zero-order valence-electron chi connectivity index (χ0n) is 18.1. The Morgan fingerprint density at radius 2 is 1.74 bits per heavy atom. The molecular formula is C24H19BrClN3O5. The number of hydrogen-bond donors (Lipinski definition) is 2. The van der Waals surface area contributed by atoms with E-state index in [0.29, 0.717) is 32.1 Å². The van der Waals surface area contributed by atoms with Crippen molar-refractivity contribution in [3.63, 3.8) is 0 Å². The number of halogens is 2. The molecule has 0 fully saturated rings. The number of rotatable bonds is 6. The molecule has 8 nitrogen and oxygen atoms in total. The molecule has 0 aliphatic rings. The largest absolute Gasteiger partial charge is 0.497 e. The molecule has 0 saturated carbocycles. The number of carbonyl (C=O) groups is 3. The minimum absolute atomic E-state index is 0.209. The zero-order chi connectivity index (χ0) is 24.7. The van der Waals surface area contributed by atoms with Crippen molar-refractivity contribution in [3.05, 3.63) is 86.8 Å². The molecule has 0 spiro atoms. The first-order chi connectivity index (χ1) is 16.3. The fraction of sp³-hybridized carbons (Fsp3) is 0.0833. The third-order valence-electron chi connectivity index (χ3n) is 4.51. The van der Waals surface area contributed by atoms with Gasteiger partial charge in [0.25, 0.3) is 0 Å². The third-order valence-corrected chi connectivity index (χ3v) is 5.41. The fourth-order valence-electron chi connectivity index (χ4n) is 2.67. The van der Waals surface area contributed by atoms with Crippen molar-refractivity contribution in [2.75, 3.05) is 12.4 Å². The molecule has 0 aliphatic heterocycles.